The number of amides is 2. The number of phenolic OH excluding ortho intramolecular Hbond substituents is 2. The second kappa shape index (κ2) is 9.93. The fourth-order valence-corrected chi connectivity index (χ4v) is 2.54. The fourth-order valence-electron chi connectivity index (χ4n) is 1.82. The van der Waals surface area contributed by atoms with Crippen molar-refractivity contribution in [3.63, 3.8) is 0 Å². The van der Waals surface area contributed by atoms with E-state index in [1.54, 1.807) is 18.2 Å². The van der Waals surface area contributed by atoms with Gasteiger partial charge in [-0.05, 0) is 36.4 Å². The summed E-state index contributed by atoms with van der Waals surface area (Å²) in [5.74, 6) is -1.20. The number of halogens is 2. The molecule has 27 heavy (non-hydrogen) atoms. The van der Waals surface area contributed by atoms with E-state index < -0.39 is 11.8 Å². The Labute approximate surface area is 171 Å². The summed E-state index contributed by atoms with van der Waals surface area (Å²) >= 11 is 6.48. The van der Waals surface area contributed by atoms with Gasteiger partial charge in [0.15, 0.2) is 0 Å². The molecule has 0 atom stereocenters. The molecule has 0 aliphatic rings. The number of phenols is 2. The average molecular weight is 498 g/mol. The summed E-state index contributed by atoms with van der Waals surface area (Å²) in [6, 6.07) is 9.32. The summed E-state index contributed by atoms with van der Waals surface area (Å²) in [6.45, 7) is 0. The molecule has 0 radical (unpaired) electrons. The standard InChI is InChI=1S/C17H14Br2N4O4/c18-11-1-3-14(24)10(7-11)9-20-22-16(26)5-6-17(27)23-21-13-8-12(19)2-4-15(13)25/h1-4,7-9,24-25H,5-6H2,(H,22,26). The summed E-state index contributed by atoms with van der Waals surface area (Å²) in [5.41, 5.74) is 2.82. The van der Waals surface area contributed by atoms with E-state index in [4.69, 9.17) is 0 Å². The van der Waals surface area contributed by atoms with E-state index in [2.05, 4.69) is 52.6 Å². The molecule has 0 saturated heterocycles. The topological polar surface area (TPSA) is 124 Å². The van der Waals surface area contributed by atoms with Crippen LogP contribution in [-0.2, 0) is 9.59 Å². The van der Waals surface area contributed by atoms with Gasteiger partial charge in [-0.1, -0.05) is 31.9 Å². The van der Waals surface area contributed by atoms with E-state index in [0.29, 0.717) is 10.0 Å². The molecular weight excluding hydrogens is 484 g/mol. The Balaban J connectivity index is 1.82. The van der Waals surface area contributed by atoms with Crippen molar-refractivity contribution in [3.05, 3.63) is 50.9 Å². The van der Waals surface area contributed by atoms with Gasteiger partial charge in [0, 0.05) is 27.4 Å². The Bertz CT molecular complexity index is 916. The van der Waals surface area contributed by atoms with Gasteiger partial charge in [-0.3, -0.25) is 9.59 Å². The van der Waals surface area contributed by atoms with Crippen LogP contribution in [0.2, 0.25) is 0 Å². The van der Waals surface area contributed by atoms with E-state index in [-0.39, 0.29) is 30.0 Å². The Morgan fingerprint density at radius 1 is 1.00 bits per heavy atom. The summed E-state index contributed by atoms with van der Waals surface area (Å²) < 4.78 is 1.43. The molecule has 0 spiro atoms. The quantitative estimate of drug-likeness (QED) is 0.315. The summed E-state index contributed by atoms with van der Waals surface area (Å²) in [4.78, 5) is 23.4. The first-order valence-corrected chi connectivity index (χ1v) is 9.17. The van der Waals surface area contributed by atoms with Crippen LogP contribution in [0.4, 0.5) is 5.69 Å². The van der Waals surface area contributed by atoms with Crippen molar-refractivity contribution >= 4 is 55.6 Å². The Morgan fingerprint density at radius 3 is 2.41 bits per heavy atom. The van der Waals surface area contributed by atoms with Crippen LogP contribution in [0.5, 0.6) is 11.5 Å². The zero-order valence-corrected chi connectivity index (χ0v) is 16.9. The predicted octanol–water partition coefficient (Wildman–Crippen LogP) is 4.16. The molecular formula is C17H14Br2N4O4. The highest BCUT2D eigenvalue weighted by Gasteiger charge is 2.07. The molecule has 0 aromatic heterocycles. The van der Waals surface area contributed by atoms with Crippen molar-refractivity contribution in [1.82, 2.24) is 5.43 Å². The molecule has 2 aromatic carbocycles. The average Bonchev–Trinajstić information content (AvgIpc) is 2.63. The number of hydrazone groups is 1. The molecule has 2 aromatic rings. The van der Waals surface area contributed by atoms with Crippen molar-refractivity contribution in [2.75, 3.05) is 0 Å². The molecule has 10 heteroatoms. The molecule has 0 heterocycles. The van der Waals surface area contributed by atoms with Crippen molar-refractivity contribution in [2.45, 2.75) is 12.8 Å². The number of rotatable bonds is 6. The highest BCUT2D eigenvalue weighted by molar-refractivity contribution is 9.10. The first-order valence-electron chi connectivity index (χ1n) is 7.58. The lowest BCUT2D eigenvalue weighted by molar-refractivity contribution is -0.125. The molecule has 0 fully saturated rings. The third-order valence-corrected chi connectivity index (χ3v) is 4.14. The lowest BCUT2D eigenvalue weighted by Crippen LogP contribution is -2.18. The number of azo groups is 1. The smallest absolute Gasteiger partial charge is 0.265 e. The molecule has 0 bridgehead atoms. The highest BCUT2D eigenvalue weighted by Crippen LogP contribution is 2.29. The van der Waals surface area contributed by atoms with Crippen molar-refractivity contribution in [3.8, 4) is 11.5 Å². The summed E-state index contributed by atoms with van der Waals surface area (Å²) in [6.07, 6.45) is 0.988. The minimum atomic E-state index is -0.613. The third-order valence-electron chi connectivity index (χ3n) is 3.16. The lowest BCUT2D eigenvalue weighted by Gasteiger charge is -2.00. The maximum Gasteiger partial charge on any atom is 0.265 e. The predicted molar refractivity (Wildman–Crippen MR) is 106 cm³/mol. The normalized spacial score (nSPS) is 11.2. The van der Waals surface area contributed by atoms with Crippen molar-refractivity contribution < 1.29 is 19.8 Å². The van der Waals surface area contributed by atoms with Gasteiger partial charge in [-0.25, -0.2) is 5.43 Å². The Morgan fingerprint density at radius 2 is 1.67 bits per heavy atom. The number of benzene rings is 2. The molecule has 0 aliphatic carbocycles. The third kappa shape index (κ3) is 6.91. The van der Waals surface area contributed by atoms with Gasteiger partial charge >= 0.3 is 0 Å². The second-order valence-corrected chi connectivity index (χ2v) is 7.05. The molecule has 3 N–H and O–H groups in total. The Kier molecular flexibility index (Phi) is 7.62. The number of carbonyl (C=O) groups excluding carboxylic acids is 2. The van der Waals surface area contributed by atoms with E-state index in [1.807, 2.05) is 0 Å². The molecule has 0 saturated carbocycles. The lowest BCUT2D eigenvalue weighted by atomic mass is 10.2. The van der Waals surface area contributed by atoms with Crippen LogP contribution in [0.25, 0.3) is 0 Å². The van der Waals surface area contributed by atoms with Crippen LogP contribution in [0.15, 0.2) is 60.7 Å². The van der Waals surface area contributed by atoms with Crippen molar-refractivity contribution in [2.24, 2.45) is 15.3 Å². The van der Waals surface area contributed by atoms with Crippen LogP contribution in [0.1, 0.15) is 18.4 Å². The molecule has 2 rings (SSSR count). The maximum absolute atomic E-state index is 11.7. The molecule has 8 nitrogen and oxygen atoms in total. The van der Waals surface area contributed by atoms with Gasteiger partial charge in [0.1, 0.15) is 17.2 Å². The zero-order valence-electron chi connectivity index (χ0n) is 13.8. The van der Waals surface area contributed by atoms with Gasteiger partial charge in [0.2, 0.25) is 5.91 Å². The zero-order chi connectivity index (χ0) is 19.8. The van der Waals surface area contributed by atoms with E-state index in [0.717, 1.165) is 4.47 Å². The summed E-state index contributed by atoms with van der Waals surface area (Å²) in [5, 5.41) is 30.1. The van der Waals surface area contributed by atoms with Gasteiger partial charge in [0.25, 0.3) is 5.91 Å². The van der Waals surface area contributed by atoms with Gasteiger partial charge in [-0.2, -0.15) is 5.10 Å². The van der Waals surface area contributed by atoms with Crippen LogP contribution >= 0.6 is 31.9 Å². The van der Waals surface area contributed by atoms with Gasteiger partial charge in [0.05, 0.1) is 6.21 Å². The number of hydrogen-bond acceptors (Lipinski definition) is 6. The Hall–Kier alpha value is -2.59. The highest BCUT2D eigenvalue weighted by atomic mass is 79.9. The van der Waals surface area contributed by atoms with Crippen LogP contribution in [0, 0.1) is 0 Å². The monoisotopic (exact) mass is 496 g/mol. The fraction of sp³-hybridized carbons (Fsp3) is 0.118. The van der Waals surface area contributed by atoms with Gasteiger partial charge in [-0.15, -0.1) is 10.2 Å². The second-order valence-electron chi connectivity index (χ2n) is 5.22. The van der Waals surface area contributed by atoms with E-state index >= 15 is 0 Å². The number of carbonyl (C=O) groups is 2. The SMILES string of the molecule is O=C(CCC(=O)NN=Cc1cc(Br)ccc1O)N=Nc1cc(Br)ccc1O. The number of nitrogens with zero attached hydrogens (tertiary/aromatic N) is 3. The van der Waals surface area contributed by atoms with Crippen molar-refractivity contribution in [1.29, 1.82) is 0 Å². The largest absolute Gasteiger partial charge is 0.507 e. The first-order chi connectivity index (χ1) is 12.8. The number of aromatic hydroxyl groups is 2. The minimum Gasteiger partial charge on any atom is -0.507 e. The molecule has 0 aliphatic heterocycles. The number of nitrogens with one attached hydrogen (secondary N) is 1. The van der Waals surface area contributed by atoms with E-state index in [9.17, 15) is 19.8 Å². The molecule has 2 amide bonds. The van der Waals surface area contributed by atoms with Crippen LogP contribution in [0.3, 0.4) is 0 Å². The van der Waals surface area contributed by atoms with Crippen LogP contribution < -0.4 is 5.43 Å². The number of hydrogen-bond donors (Lipinski definition) is 3. The van der Waals surface area contributed by atoms with E-state index in [1.165, 1.54) is 24.4 Å². The molecule has 140 valence electrons. The summed E-state index contributed by atoms with van der Waals surface area (Å²) in [7, 11) is 0. The maximum atomic E-state index is 11.7. The minimum absolute atomic E-state index is 0.0163. The van der Waals surface area contributed by atoms with Gasteiger partial charge < -0.3 is 10.2 Å². The first kappa shape index (κ1) is 20.7. The van der Waals surface area contributed by atoms with Crippen LogP contribution in [-0.4, -0.2) is 28.2 Å². The molecule has 0 unspecified atom stereocenters.